The minimum atomic E-state index is -1.08. The normalized spacial score (nSPS) is 10.1. The molecule has 11 heteroatoms. The lowest BCUT2D eigenvalue weighted by Crippen LogP contribution is -2.21. The molecule has 2 aromatic carbocycles. The summed E-state index contributed by atoms with van der Waals surface area (Å²) in [4.78, 5) is 34.7. The average Bonchev–Trinajstić information content (AvgIpc) is 2.63. The second-order valence-corrected chi connectivity index (χ2v) is 6.14. The lowest BCUT2D eigenvalue weighted by Gasteiger charge is -2.11. The van der Waals surface area contributed by atoms with E-state index in [9.17, 15) is 19.7 Å². The average molecular weight is 429 g/mol. The van der Waals surface area contributed by atoms with Gasteiger partial charge in [0, 0.05) is 21.8 Å². The number of esters is 1. The van der Waals surface area contributed by atoms with Gasteiger partial charge in [0.1, 0.15) is 5.56 Å². The molecule has 148 valence electrons. The van der Waals surface area contributed by atoms with Crippen LogP contribution in [0.1, 0.15) is 10.4 Å². The third-order valence-electron chi connectivity index (χ3n) is 3.40. The molecule has 0 aliphatic heterocycles. The van der Waals surface area contributed by atoms with Crippen LogP contribution < -0.4 is 14.8 Å². The quantitative estimate of drug-likeness (QED) is 0.405. The fourth-order valence-electron chi connectivity index (χ4n) is 2.21. The zero-order valence-electron chi connectivity index (χ0n) is 14.7. The first kappa shape index (κ1) is 21.3. The Morgan fingerprint density at radius 3 is 2.14 bits per heavy atom. The van der Waals surface area contributed by atoms with Crippen molar-refractivity contribution >= 4 is 46.5 Å². The van der Waals surface area contributed by atoms with Gasteiger partial charge in [0.25, 0.3) is 11.6 Å². The molecule has 1 amide bonds. The number of carbonyl (C=O) groups is 2. The lowest BCUT2D eigenvalue weighted by atomic mass is 10.1. The molecule has 0 spiro atoms. The standard InChI is InChI=1S/C17H14Cl2N2O7/c1-26-14-6-12(13(21(24)25)7-15(14)27-2)17(23)28-8-16(22)20-11-4-9(18)3-10(19)5-11/h3-7H,8H2,1-2H3,(H,20,22). The van der Waals surface area contributed by atoms with Crippen molar-refractivity contribution < 1.29 is 28.7 Å². The van der Waals surface area contributed by atoms with E-state index in [1.165, 1.54) is 32.4 Å². The van der Waals surface area contributed by atoms with Gasteiger partial charge in [-0.3, -0.25) is 14.9 Å². The third kappa shape index (κ3) is 5.24. The Morgan fingerprint density at radius 2 is 1.61 bits per heavy atom. The molecule has 0 aromatic heterocycles. The van der Waals surface area contributed by atoms with Crippen LogP contribution in [0, 0.1) is 10.1 Å². The number of anilines is 1. The Labute approximate surface area is 169 Å². The highest BCUT2D eigenvalue weighted by Crippen LogP contribution is 2.34. The number of hydrogen-bond acceptors (Lipinski definition) is 7. The van der Waals surface area contributed by atoms with E-state index in [1.807, 2.05) is 0 Å². The van der Waals surface area contributed by atoms with Crippen molar-refractivity contribution in [1.82, 2.24) is 0 Å². The fraction of sp³-hybridized carbons (Fsp3) is 0.176. The molecule has 0 atom stereocenters. The second kappa shape index (κ2) is 9.25. The highest BCUT2D eigenvalue weighted by Gasteiger charge is 2.26. The molecule has 0 saturated heterocycles. The van der Waals surface area contributed by atoms with E-state index in [2.05, 4.69) is 5.32 Å². The number of carbonyl (C=O) groups excluding carboxylic acids is 2. The summed E-state index contributed by atoms with van der Waals surface area (Å²) in [7, 11) is 2.61. The van der Waals surface area contributed by atoms with Crippen molar-refractivity contribution in [3.05, 3.63) is 56.1 Å². The van der Waals surface area contributed by atoms with Crippen molar-refractivity contribution in [3.8, 4) is 11.5 Å². The van der Waals surface area contributed by atoms with E-state index >= 15 is 0 Å². The van der Waals surface area contributed by atoms with Gasteiger partial charge >= 0.3 is 5.97 Å². The van der Waals surface area contributed by atoms with Crippen molar-refractivity contribution in [2.75, 3.05) is 26.1 Å². The number of nitrogens with zero attached hydrogens (tertiary/aromatic N) is 1. The predicted octanol–water partition coefficient (Wildman–Crippen LogP) is 3.71. The van der Waals surface area contributed by atoms with Crippen molar-refractivity contribution in [2.45, 2.75) is 0 Å². The van der Waals surface area contributed by atoms with Gasteiger partial charge in [0.05, 0.1) is 25.2 Å². The molecule has 0 aliphatic rings. The van der Waals surface area contributed by atoms with Crippen LogP contribution in [0.4, 0.5) is 11.4 Å². The summed E-state index contributed by atoms with van der Waals surface area (Å²) >= 11 is 11.7. The summed E-state index contributed by atoms with van der Waals surface area (Å²) in [6, 6.07) is 6.52. The maximum atomic E-state index is 12.3. The van der Waals surface area contributed by atoms with Crippen LogP contribution in [-0.4, -0.2) is 37.6 Å². The minimum Gasteiger partial charge on any atom is -0.493 e. The number of nitro benzene ring substituents is 1. The van der Waals surface area contributed by atoms with Gasteiger partial charge in [-0.2, -0.15) is 0 Å². The van der Waals surface area contributed by atoms with E-state index in [-0.39, 0.29) is 17.1 Å². The third-order valence-corrected chi connectivity index (χ3v) is 3.84. The molecule has 0 aliphatic carbocycles. The number of rotatable bonds is 7. The highest BCUT2D eigenvalue weighted by molar-refractivity contribution is 6.35. The molecule has 28 heavy (non-hydrogen) atoms. The molecule has 9 nitrogen and oxygen atoms in total. The number of ether oxygens (including phenoxy) is 3. The van der Waals surface area contributed by atoms with E-state index in [4.69, 9.17) is 37.4 Å². The van der Waals surface area contributed by atoms with Crippen LogP contribution in [0.5, 0.6) is 11.5 Å². The smallest absolute Gasteiger partial charge is 0.345 e. The number of methoxy groups -OCH3 is 2. The van der Waals surface area contributed by atoms with Crippen molar-refractivity contribution in [2.24, 2.45) is 0 Å². The van der Waals surface area contributed by atoms with Crippen molar-refractivity contribution in [1.29, 1.82) is 0 Å². The monoisotopic (exact) mass is 428 g/mol. The van der Waals surface area contributed by atoms with E-state index in [1.54, 1.807) is 0 Å². The van der Waals surface area contributed by atoms with Gasteiger partial charge in [-0.15, -0.1) is 0 Å². The fourth-order valence-corrected chi connectivity index (χ4v) is 2.74. The number of nitrogens with one attached hydrogen (secondary N) is 1. The van der Waals surface area contributed by atoms with Gasteiger partial charge in [0.15, 0.2) is 18.1 Å². The van der Waals surface area contributed by atoms with Crippen LogP contribution >= 0.6 is 23.2 Å². The Bertz CT molecular complexity index is 914. The maximum absolute atomic E-state index is 12.3. The van der Waals surface area contributed by atoms with Gasteiger partial charge < -0.3 is 19.5 Å². The SMILES string of the molecule is COc1cc(C(=O)OCC(=O)Nc2cc(Cl)cc(Cl)c2)c([N+](=O)[O-])cc1OC. The molecule has 0 bridgehead atoms. The zero-order valence-corrected chi connectivity index (χ0v) is 16.2. The summed E-state index contributed by atoms with van der Waals surface area (Å²) in [5.41, 5.74) is -0.637. The first-order chi connectivity index (χ1) is 13.2. The Kier molecular flexibility index (Phi) is 7.02. The molecular formula is C17H14Cl2N2O7. The predicted molar refractivity (Wildman–Crippen MR) is 102 cm³/mol. The molecule has 0 unspecified atom stereocenters. The van der Waals surface area contributed by atoms with E-state index in [0.717, 1.165) is 12.1 Å². The van der Waals surface area contributed by atoms with Crippen LogP contribution in [0.2, 0.25) is 10.0 Å². The Balaban J connectivity index is 2.13. The lowest BCUT2D eigenvalue weighted by molar-refractivity contribution is -0.385. The highest BCUT2D eigenvalue weighted by atomic mass is 35.5. The first-order valence-corrected chi connectivity index (χ1v) is 8.34. The molecule has 0 heterocycles. The van der Waals surface area contributed by atoms with Gasteiger partial charge in [0.2, 0.25) is 0 Å². The van der Waals surface area contributed by atoms with Gasteiger partial charge in [-0.05, 0) is 18.2 Å². The van der Waals surface area contributed by atoms with Crippen LogP contribution in [0.3, 0.4) is 0 Å². The number of nitro groups is 1. The summed E-state index contributed by atoms with van der Waals surface area (Å²) < 4.78 is 14.9. The molecule has 0 saturated carbocycles. The number of benzene rings is 2. The summed E-state index contributed by atoms with van der Waals surface area (Å²) in [5.74, 6) is -1.60. The maximum Gasteiger partial charge on any atom is 0.345 e. The van der Waals surface area contributed by atoms with E-state index in [0.29, 0.717) is 15.7 Å². The zero-order chi connectivity index (χ0) is 20.8. The molecule has 1 N–H and O–H groups in total. The molecule has 0 fully saturated rings. The molecule has 2 aromatic rings. The van der Waals surface area contributed by atoms with Crippen LogP contribution in [0.25, 0.3) is 0 Å². The van der Waals surface area contributed by atoms with Crippen molar-refractivity contribution in [3.63, 3.8) is 0 Å². The Hall–Kier alpha value is -3.04. The summed E-state index contributed by atoms with van der Waals surface area (Å²) in [5, 5.41) is 14.3. The van der Waals surface area contributed by atoms with Gasteiger partial charge in [-0.1, -0.05) is 23.2 Å². The first-order valence-electron chi connectivity index (χ1n) is 7.58. The van der Waals surface area contributed by atoms with Crippen LogP contribution in [-0.2, 0) is 9.53 Å². The van der Waals surface area contributed by atoms with Crippen LogP contribution in [0.15, 0.2) is 30.3 Å². The number of amides is 1. The summed E-state index contributed by atoms with van der Waals surface area (Å²) in [6.07, 6.45) is 0. The number of hydrogen-bond donors (Lipinski definition) is 1. The molecular weight excluding hydrogens is 415 g/mol. The topological polar surface area (TPSA) is 117 Å². The second-order valence-electron chi connectivity index (χ2n) is 5.26. The molecule has 0 radical (unpaired) electrons. The Morgan fingerprint density at radius 1 is 1.04 bits per heavy atom. The minimum absolute atomic E-state index is 0.0707. The largest absolute Gasteiger partial charge is 0.493 e. The molecule has 2 rings (SSSR count). The van der Waals surface area contributed by atoms with Gasteiger partial charge in [-0.25, -0.2) is 4.79 Å². The van der Waals surface area contributed by atoms with E-state index < -0.39 is 29.1 Å². The number of halogens is 2. The summed E-state index contributed by atoms with van der Waals surface area (Å²) in [6.45, 7) is -0.686.